The van der Waals surface area contributed by atoms with Crippen LogP contribution >= 0.6 is 0 Å². The van der Waals surface area contributed by atoms with Crippen LogP contribution in [-0.4, -0.2) is 68.2 Å². The summed E-state index contributed by atoms with van der Waals surface area (Å²) >= 11 is 0. The van der Waals surface area contributed by atoms with Crippen molar-refractivity contribution < 1.29 is 23.1 Å². The number of aliphatic carboxylic acids is 1. The highest BCUT2D eigenvalue weighted by Gasteiger charge is 2.20. The van der Waals surface area contributed by atoms with Gasteiger partial charge in [-0.3, -0.25) is 4.79 Å². The van der Waals surface area contributed by atoms with E-state index in [4.69, 9.17) is 9.84 Å². The predicted octanol–water partition coefficient (Wildman–Crippen LogP) is 0.377. The Morgan fingerprint density at radius 3 is 2.53 bits per heavy atom. The van der Waals surface area contributed by atoms with Crippen molar-refractivity contribution in [2.75, 3.05) is 37.7 Å². The average Bonchev–Trinajstić information content (AvgIpc) is 2.37. The Labute approximate surface area is 114 Å². The highest BCUT2D eigenvalue weighted by molar-refractivity contribution is 7.91. The van der Waals surface area contributed by atoms with Crippen LogP contribution in [0.3, 0.4) is 0 Å². The van der Waals surface area contributed by atoms with Crippen molar-refractivity contribution in [3.63, 3.8) is 0 Å². The van der Waals surface area contributed by atoms with Crippen LogP contribution in [0.2, 0.25) is 0 Å². The number of carboxylic acid groups (broad SMARTS) is 1. The molecule has 1 rings (SSSR count). The van der Waals surface area contributed by atoms with Crippen LogP contribution in [-0.2, 0) is 19.4 Å². The maximum absolute atomic E-state index is 11.4. The van der Waals surface area contributed by atoms with E-state index in [0.717, 1.165) is 25.9 Å². The van der Waals surface area contributed by atoms with Crippen molar-refractivity contribution >= 4 is 15.8 Å². The molecule has 112 valence electrons. The van der Waals surface area contributed by atoms with E-state index >= 15 is 0 Å². The maximum atomic E-state index is 11.4. The molecule has 0 atom stereocenters. The number of carboxylic acids is 1. The smallest absolute Gasteiger partial charge is 0.305 e. The number of hydrogen-bond donors (Lipinski definition) is 1. The summed E-state index contributed by atoms with van der Waals surface area (Å²) in [6.45, 7) is 4.13. The molecule has 0 spiro atoms. The topological polar surface area (TPSA) is 83.9 Å². The minimum absolute atomic E-state index is 0.0367. The van der Waals surface area contributed by atoms with E-state index in [1.54, 1.807) is 6.92 Å². The van der Waals surface area contributed by atoms with Gasteiger partial charge in [0.25, 0.3) is 0 Å². The lowest BCUT2D eigenvalue weighted by Gasteiger charge is -2.31. The van der Waals surface area contributed by atoms with Crippen LogP contribution < -0.4 is 0 Å². The lowest BCUT2D eigenvalue weighted by atomic mass is 10.1. The first-order valence-corrected chi connectivity index (χ1v) is 8.51. The Morgan fingerprint density at radius 1 is 1.37 bits per heavy atom. The zero-order valence-corrected chi connectivity index (χ0v) is 12.2. The number of rotatable bonds is 8. The largest absolute Gasteiger partial charge is 0.481 e. The molecule has 0 radical (unpaired) electrons. The SMILES string of the molecule is CCS(=O)(=O)CCN1CCC(OCCC(=O)O)CC1. The van der Waals surface area contributed by atoms with E-state index in [0.29, 0.717) is 6.54 Å². The third kappa shape index (κ3) is 6.89. The second-order valence-electron chi connectivity index (χ2n) is 4.79. The molecule has 1 aliphatic heterocycles. The first-order valence-electron chi connectivity index (χ1n) is 6.69. The molecular formula is C12H23NO5S. The minimum Gasteiger partial charge on any atom is -0.481 e. The highest BCUT2D eigenvalue weighted by atomic mass is 32.2. The normalized spacial score (nSPS) is 18.6. The molecule has 0 aromatic heterocycles. The monoisotopic (exact) mass is 293 g/mol. The molecule has 1 aliphatic rings. The van der Waals surface area contributed by atoms with Gasteiger partial charge in [-0.15, -0.1) is 0 Å². The Hall–Kier alpha value is -0.660. The van der Waals surface area contributed by atoms with Gasteiger partial charge in [0.2, 0.25) is 0 Å². The molecule has 0 aromatic rings. The lowest BCUT2D eigenvalue weighted by molar-refractivity contribution is -0.138. The summed E-state index contributed by atoms with van der Waals surface area (Å²) in [6, 6.07) is 0. The number of nitrogens with zero attached hydrogens (tertiary/aromatic N) is 1. The average molecular weight is 293 g/mol. The number of piperidine rings is 1. The standard InChI is InChI=1S/C12H23NO5S/c1-2-19(16,17)10-8-13-6-3-11(4-7-13)18-9-5-12(14)15/h11H,2-10H2,1H3,(H,14,15). The van der Waals surface area contributed by atoms with E-state index in [1.165, 1.54) is 0 Å². The number of likely N-dealkylation sites (tertiary alicyclic amines) is 1. The van der Waals surface area contributed by atoms with Gasteiger partial charge in [0.05, 0.1) is 24.9 Å². The van der Waals surface area contributed by atoms with Crippen LogP contribution in [0.5, 0.6) is 0 Å². The van der Waals surface area contributed by atoms with Gasteiger partial charge in [0.1, 0.15) is 0 Å². The summed E-state index contributed by atoms with van der Waals surface area (Å²) in [7, 11) is -2.89. The molecule has 0 bridgehead atoms. The summed E-state index contributed by atoms with van der Waals surface area (Å²) < 4.78 is 28.3. The van der Waals surface area contributed by atoms with Gasteiger partial charge >= 0.3 is 5.97 Å². The fourth-order valence-electron chi connectivity index (χ4n) is 2.02. The van der Waals surface area contributed by atoms with Gasteiger partial charge in [-0.1, -0.05) is 6.92 Å². The Bertz CT molecular complexity index is 374. The summed E-state index contributed by atoms with van der Waals surface area (Å²) in [5, 5.41) is 8.51. The third-order valence-electron chi connectivity index (χ3n) is 3.36. The molecule has 1 N–H and O–H groups in total. The molecule has 19 heavy (non-hydrogen) atoms. The number of ether oxygens (including phenoxy) is 1. The zero-order chi connectivity index (χ0) is 14.3. The maximum Gasteiger partial charge on any atom is 0.305 e. The molecule has 0 amide bonds. The fourth-order valence-corrected chi connectivity index (χ4v) is 2.85. The summed E-state index contributed by atoms with van der Waals surface area (Å²) in [5.41, 5.74) is 0. The van der Waals surface area contributed by atoms with Crippen LogP contribution in [0.4, 0.5) is 0 Å². The minimum atomic E-state index is -2.89. The van der Waals surface area contributed by atoms with Crippen LogP contribution in [0.15, 0.2) is 0 Å². The molecule has 0 saturated carbocycles. The molecule has 6 nitrogen and oxygen atoms in total. The number of hydrogen-bond acceptors (Lipinski definition) is 5. The van der Waals surface area contributed by atoms with E-state index in [-0.39, 0.29) is 30.6 Å². The van der Waals surface area contributed by atoms with Crippen LogP contribution in [0.1, 0.15) is 26.2 Å². The number of carbonyl (C=O) groups is 1. The molecule has 0 unspecified atom stereocenters. The van der Waals surface area contributed by atoms with E-state index in [2.05, 4.69) is 4.90 Å². The van der Waals surface area contributed by atoms with Gasteiger partial charge in [-0.2, -0.15) is 0 Å². The van der Waals surface area contributed by atoms with Crippen molar-refractivity contribution in [2.24, 2.45) is 0 Å². The van der Waals surface area contributed by atoms with Gasteiger partial charge in [-0.25, -0.2) is 8.42 Å². The Kier molecular flexibility index (Phi) is 6.74. The third-order valence-corrected chi connectivity index (χ3v) is 5.05. The van der Waals surface area contributed by atoms with Gasteiger partial charge < -0.3 is 14.7 Å². The fraction of sp³-hybridized carbons (Fsp3) is 0.917. The van der Waals surface area contributed by atoms with Crippen molar-refractivity contribution in [1.29, 1.82) is 0 Å². The van der Waals surface area contributed by atoms with E-state index < -0.39 is 15.8 Å². The molecule has 0 aromatic carbocycles. The van der Waals surface area contributed by atoms with Gasteiger partial charge in [-0.05, 0) is 12.8 Å². The summed E-state index contributed by atoms with van der Waals surface area (Å²) in [6.07, 6.45) is 1.82. The van der Waals surface area contributed by atoms with Crippen LogP contribution in [0.25, 0.3) is 0 Å². The van der Waals surface area contributed by atoms with Crippen molar-refractivity contribution in [3.05, 3.63) is 0 Å². The first kappa shape index (κ1) is 16.4. The summed E-state index contributed by atoms with van der Waals surface area (Å²) in [5.74, 6) is -0.433. The van der Waals surface area contributed by atoms with E-state index in [1.807, 2.05) is 0 Å². The Balaban J connectivity index is 2.17. The summed E-state index contributed by atoms with van der Waals surface area (Å²) in [4.78, 5) is 12.5. The number of sulfone groups is 1. The molecule has 7 heteroatoms. The van der Waals surface area contributed by atoms with Crippen molar-refractivity contribution in [2.45, 2.75) is 32.3 Å². The van der Waals surface area contributed by atoms with Crippen LogP contribution in [0, 0.1) is 0 Å². The van der Waals surface area contributed by atoms with Gasteiger partial charge in [0.15, 0.2) is 9.84 Å². The molecular weight excluding hydrogens is 270 g/mol. The van der Waals surface area contributed by atoms with E-state index in [9.17, 15) is 13.2 Å². The first-order chi connectivity index (χ1) is 8.93. The van der Waals surface area contributed by atoms with Crippen molar-refractivity contribution in [1.82, 2.24) is 4.90 Å². The molecule has 0 aliphatic carbocycles. The second-order valence-corrected chi connectivity index (χ2v) is 7.26. The predicted molar refractivity (Wildman–Crippen MR) is 72.0 cm³/mol. The highest BCUT2D eigenvalue weighted by Crippen LogP contribution is 2.14. The zero-order valence-electron chi connectivity index (χ0n) is 11.4. The molecule has 1 saturated heterocycles. The van der Waals surface area contributed by atoms with Crippen molar-refractivity contribution in [3.8, 4) is 0 Å². The van der Waals surface area contributed by atoms with Gasteiger partial charge in [0, 0.05) is 25.4 Å². The lowest BCUT2D eigenvalue weighted by Crippen LogP contribution is -2.39. The Morgan fingerprint density at radius 2 is 2.00 bits per heavy atom. The molecule has 1 heterocycles. The second kappa shape index (κ2) is 7.81. The molecule has 1 fully saturated rings. The quantitative estimate of drug-likeness (QED) is 0.696.